The third-order valence-corrected chi connectivity index (χ3v) is 3.97. The van der Waals surface area contributed by atoms with E-state index in [9.17, 15) is 5.11 Å². The fourth-order valence-corrected chi connectivity index (χ4v) is 2.53. The first-order chi connectivity index (χ1) is 10.0. The summed E-state index contributed by atoms with van der Waals surface area (Å²) in [4.78, 5) is 2.11. The van der Waals surface area contributed by atoms with Crippen molar-refractivity contribution in [2.24, 2.45) is 5.73 Å². The minimum atomic E-state index is -0.217. The topological polar surface area (TPSA) is 68.0 Å². The maximum atomic E-state index is 9.61. The number of rotatable bonds is 9. The van der Waals surface area contributed by atoms with Crippen LogP contribution in [0.15, 0.2) is 24.3 Å². The van der Waals surface area contributed by atoms with Crippen molar-refractivity contribution in [2.45, 2.75) is 31.5 Å². The van der Waals surface area contributed by atoms with Gasteiger partial charge in [-0.3, -0.25) is 4.90 Å². The van der Waals surface area contributed by atoms with E-state index < -0.39 is 0 Å². The van der Waals surface area contributed by atoms with Gasteiger partial charge in [0.25, 0.3) is 0 Å². The minimum absolute atomic E-state index is 0.0112. The Labute approximate surface area is 127 Å². The molecule has 0 heterocycles. The molecule has 0 spiro atoms. The minimum Gasteiger partial charge on any atom is -0.496 e. The van der Waals surface area contributed by atoms with Crippen molar-refractivity contribution in [2.75, 3.05) is 34.5 Å². The quantitative estimate of drug-likeness (QED) is 0.708. The molecule has 5 nitrogen and oxygen atoms in total. The first-order valence-corrected chi connectivity index (χ1v) is 7.24. The number of ether oxygens (including phenoxy) is 2. The number of aliphatic hydroxyl groups excluding tert-OH is 1. The van der Waals surface area contributed by atoms with Crippen molar-refractivity contribution in [1.82, 2.24) is 4.90 Å². The highest BCUT2D eigenvalue weighted by molar-refractivity contribution is 5.33. The van der Waals surface area contributed by atoms with Crippen LogP contribution in [0.5, 0.6) is 5.75 Å². The first-order valence-electron chi connectivity index (χ1n) is 7.24. The Morgan fingerprint density at radius 1 is 1.29 bits per heavy atom. The normalized spacial score (nSPS) is 15.8. The van der Waals surface area contributed by atoms with Crippen LogP contribution < -0.4 is 10.5 Å². The Hall–Kier alpha value is -1.14. The molecule has 1 aromatic carbocycles. The molecule has 0 aromatic heterocycles. The molecule has 0 aliphatic rings. The van der Waals surface area contributed by atoms with E-state index in [0.29, 0.717) is 6.61 Å². The smallest absolute Gasteiger partial charge is 0.122 e. The molecule has 0 amide bonds. The third kappa shape index (κ3) is 4.97. The third-order valence-electron chi connectivity index (χ3n) is 3.97. The summed E-state index contributed by atoms with van der Waals surface area (Å²) in [7, 11) is 5.28. The Kier molecular flexibility index (Phi) is 7.67. The monoisotopic (exact) mass is 296 g/mol. The van der Waals surface area contributed by atoms with E-state index in [-0.39, 0.29) is 24.7 Å². The van der Waals surface area contributed by atoms with Gasteiger partial charge in [0.15, 0.2) is 0 Å². The Bertz CT molecular complexity index is 414. The molecule has 120 valence electrons. The molecule has 0 aliphatic heterocycles. The maximum absolute atomic E-state index is 9.61. The van der Waals surface area contributed by atoms with Crippen molar-refractivity contribution in [3.8, 4) is 5.75 Å². The van der Waals surface area contributed by atoms with Gasteiger partial charge < -0.3 is 20.3 Å². The maximum Gasteiger partial charge on any atom is 0.122 e. The van der Waals surface area contributed by atoms with Crippen LogP contribution in [-0.4, -0.2) is 62.6 Å². The number of likely N-dealkylation sites (N-methyl/N-ethyl adjacent to an activating group) is 1. The van der Waals surface area contributed by atoms with Gasteiger partial charge in [-0.1, -0.05) is 18.2 Å². The van der Waals surface area contributed by atoms with Crippen LogP contribution in [0, 0.1) is 0 Å². The molecule has 3 N–H and O–H groups in total. The summed E-state index contributed by atoms with van der Waals surface area (Å²) in [6.07, 6.45) is 0.830. The molecule has 1 rings (SSSR count). The first kappa shape index (κ1) is 17.9. The highest BCUT2D eigenvalue weighted by Gasteiger charge is 2.25. The van der Waals surface area contributed by atoms with Crippen LogP contribution in [0.25, 0.3) is 0 Å². The number of aliphatic hydroxyl groups is 1. The van der Waals surface area contributed by atoms with Gasteiger partial charge in [-0.15, -0.1) is 0 Å². The predicted octanol–water partition coefficient (Wildman–Crippen LogP) is 0.893. The molecule has 0 aliphatic carbocycles. The van der Waals surface area contributed by atoms with Crippen LogP contribution in [-0.2, 0) is 11.2 Å². The predicted molar refractivity (Wildman–Crippen MR) is 84.6 cm³/mol. The number of hydrogen-bond donors (Lipinski definition) is 2. The second-order valence-electron chi connectivity index (χ2n) is 5.40. The summed E-state index contributed by atoms with van der Waals surface area (Å²) in [5.74, 6) is 0.888. The molecule has 0 radical (unpaired) electrons. The summed E-state index contributed by atoms with van der Waals surface area (Å²) >= 11 is 0. The lowest BCUT2D eigenvalue weighted by Gasteiger charge is -2.35. The molecule has 0 saturated carbocycles. The zero-order chi connectivity index (χ0) is 15.8. The highest BCUT2D eigenvalue weighted by Crippen LogP contribution is 2.21. The average Bonchev–Trinajstić information content (AvgIpc) is 2.48. The number of nitrogens with zero attached hydrogens (tertiary/aromatic N) is 1. The summed E-state index contributed by atoms with van der Waals surface area (Å²) in [5, 5.41) is 9.61. The van der Waals surface area contributed by atoms with Crippen molar-refractivity contribution in [3.63, 3.8) is 0 Å². The lowest BCUT2D eigenvalue weighted by atomic mass is 10.0. The van der Waals surface area contributed by atoms with Crippen molar-refractivity contribution >= 4 is 0 Å². The number of hydrogen-bond acceptors (Lipinski definition) is 5. The molecule has 21 heavy (non-hydrogen) atoms. The molecule has 0 bridgehead atoms. The lowest BCUT2D eigenvalue weighted by Crippen LogP contribution is -2.53. The van der Waals surface area contributed by atoms with E-state index in [4.69, 9.17) is 15.2 Å². The van der Waals surface area contributed by atoms with E-state index in [1.165, 1.54) is 0 Å². The summed E-state index contributed by atoms with van der Waals surface area (Å²) in [6, 6.07) is 7.86. The van der Waals surface area contributed by atoms with Gasteiger partial charge >= 0.3 is 0 Å². The van der Waals surface area contributed by atoms with E-state index in [2.05, 4.69) is 17.9 Å². The summed E-state index contributed by atoms with van der Waals surface area (Å²) in [6.45, 7) is 2.56. The zero-order valence-electron chi connectivity index (χ0n) is 13.5. The Morgan fingerprint density at radius 2 is 1.95 bits per heavy atom. The second-order valence-corrected chi connectivity index (χ2v) is 5.40. The van der Waals surface area contributed by atoms with Gasteiger partial charge in [0.2, 0.25) is 0 Å². The van der Waals surface area contributed by atoms with E-state index in [1.54, 1.807) is 14.2 Å². The Morgan fingerprint density at radius 3 is 2.52 bits per heavy atom. The van der Waals surface area contributed by atoms with Crippen LogP contribution in [0.2, 0.25) is 0 Å². The number of para-hydroxylation sites is 1. The van der Waals surface area contributed by atoms with Gasteiger partial charge in [0, 0.05) is 19.2 Å². The number of nitrogens with two attached hydrogens (primary N) is 1. The van der Waals surface area contributed by atoms with E-state index >= 15 is 0 Å². The fraction of sp³-hybridized carbons (Fsp3) is 0.625. The highest BCUT2D eigenvalue weighted by atomic mass is 16.5. The van der Waals surface area contributed by atoms with E-state index in [0.717, 1.165) is 17.7 Å². The summed E-state index contributed by atoms with van der Waals surface area (Å²) in [5.41, 5.74) is 7.23. The van der Waals surface area contributed by atoms with Gasteiger partial charge in [0.05, 0.1) is 26.4 Å². The molecular weight excluding hydrogens is 268 g/mol. The molecule has 5 heteroatoms. The van der Waals surface area contributed by atoms with Crippen LogP contribution in [0.4, 0.5) is 0 Å². The standard InChI is InChI=1S/C16H28N2O3/c1-12(9-13-7-5-6-8-16(13)21-4)18(2)15(10-19)14(17)11-20-3/h5-8,12,14-15,19H,9-11,17H2,1-4H3. The summed E-state index contributed by atoms with van der Waals surface area (Å²) < 4.78 is 10.5. The molecule has 3 unspecified atom stereocenters. The second kappa shape index (κ2) is 9.00. The van der Waals surface area contributed by atoms with Crippen molar-refractivity contribution in [1.29, 1.82) is 0 Å². The lowest BCUT2D eigenvalue weighted by molar-refractivity contribution is 0.0654. The van der Waals surface area contributed by atoms with E-state index in [1.807, 2.05) is 25.2 Å². The number of methoxy groups -OCH3 is 2. The molecular formula is C16H28N2O3. The molecule has 0 saturated heterocycles. The molecule has 0 fully saturated rings. The Balaban J connectivity index is 2.74. The number of benzene rings is 1. The van der Waals surface area contributed by atoms with Crippen LogP contribution in [0.1, 0.15) is 12.5 Å². The molecule has 1 aromatic rings. The fourth-order valence-electron chi connectivity index (χ4n) is 2.53. The zero-order valence-corrected chi connectivity index (χ0v) is 13.5. The van der Waals surface area contributed by atoms with Crippen LogP contribution in [0.3, 0.4) is 0 Å². The SMILES string of the molecule is COCC(N)C(CO)N(C)C(C)Cc1ccccc1OC. The van der Waals surface area contributed by atoms with Gasteiger partial charge in [-0.25, -0.2) is 0 Å². The largest absolute Gasteiger partial charge is 0.496 e. The van der Waals surface area contributed by atoms with Gasteiger partial charge in [-0.2, -0.15) is 0 Å². The molecule has 3 atom stereocenters. The van der Waals surface area contributed by atoms with Gasteiger partial charge in [0.1, 0.15) is 5.75 Å². The van der Waals surface area contributed by atoms with Crippen molar-refractivity contribution < 1.29 is 14.6 Å². The van der Waals surface area contributed by atoms with Crippen molar-refractivity contribution in [3.05, 3.63) is 29.8 Å². The van der Waals surface area contributed by atoms with Gasteiger partial charge in [-0.05, 0) is 32.0 Å². The van der Waals surface area contributed by atoms with Crippen LogP contribution >= 0.6 is 0 Å². The average molecular weight is 296 g/mol.